The molecule has 0 aliphatic rings. The van der Waals surface area contributed by atoms with Gasteiger partial charge in [-0.3, -0.25) is 4.79 Å². The molecule has 108 valence electrons. The summed E-state index contributed by atoms with van der Waals surface area (Å²) in [6.07, 6.45) is 7.83. The van der Waals surface area contributed by atoms with Crippen LogP contribution in [0.5, 0.6) is 0 Å². The summed E-state index contributed by atoms with van der Waals surface area (Å²) in [7, 11) is 0. The summed E-state index contributed by atoms with van der Waals surface area (Å²) in [4.78, 5) is 11.6. The first-order valence-electron chi connectivity index (χ1n) is 7.13. The number of hydrogen-bond donors (Lipinski definition) is 0. The van der Waals surface area contributed by atoms with Gasteiger partial charge in [0.1, 0.15) is 0 Å². The number of rotatable bonds is 7. The van der Waals surface area contributed by atoms with Crippen molar-refractivity contribution in [1.82, 2.24) is 0 Å². The highest BCUT2D eigenvalue weighted by molar-refractivity contribution is 5.73. The lowest BCUT2D eigenvalue weighted by molar-refractivity contribution is -0.137. The molecule has 1 aromatic rings. The maximum Gasteiger partial charge on any atom is 0.315 e. The monoisotopic (exact) mass is 272 g/mol. The molecule has 20 heavy (non-hydrogen) atoms. The van der Waals surface area contributed by atoms with Gasteiger partial charge >= 0.3 is 5.97 Å². The van der Waals surface area contributed by atoms with Gasteiger partial charge in [-0.05, 0) is 37.3 Å². The smallest absolute Gasteiger partial charge is 0.315 e. The number of hydrogen-bond acceptors (Lipinski definition) is 2. The summed E-state index contributed by atoms with van der Waals surface area (Å²) in [5.41, 5.74) is 2.27. The van der Waals surface area contributed by atoms with E-state index in [4.69, 9.17) is 4.74 Å². The fourth-order valence-corrected chi connectivity index (χ4v) is 1.72. The first-order chi connectivity index (χ1) is 9.58. The number of ether oxygens (including phenoxy) is 1. The average molecular weight is 272 g/mol. The molecule has 0 saturated carbocycles. The summed E-state index contributed by atoms with van der Waals surface area (Å²) in [6.45, 7) is 6.53. The van der Waals surface area contributed by atoms with Gasteiger partial charge in [0.05, 0.1) is 12.7 Å². The summed E-state index contributed by atoms with van der Waals surface area (Å²) < 4.78 is 5.06. The Morgan fingerprint density at radius 2 is 1.95 bits per heavy atom. The predicted octanol–water partition coefficient (Wildman–Crippen LogP) is 4.67. The number of benzene rings is 1. The maximum absolute atomic E-state index is 11.6. The van der Waals surface area contributed by atoms with Gasteiger partial charge in [0, 0.05) is 0 Å². The Labute approximate surface area is 122 Å². The van der Waals surface area contributed by atoms with Gasteiger partial charge in [0.15, 0.2) is 0 Å². The summed E-state index contributed by atoms with van der Waals surface area (Å²) >= 11 is 0. The van der Waals surface area contributed by atoms with Gasteiger partial charge < -0.3 is 4.74 Å². The van der Waals surface area contributed by atoms with Crippen LogP contribution in [0.25, 0.3) is 0 Å². The van der Waals surface area contributed by atoms with Crippen LogP contribution in [0.15, 0.2) is 54.3 Å². The number of carbonyl (C=O) groups is 1. The molecule has 0 aromatic heterocycles. The normalized spacial score (nSPS) is 12.1. The van der Waals surface area contributed by atoms with E-state index in [1.165, 1.54) is 18.3 Å². The SMILES string of the molecule is C/C(=C\C=C\OC(=O)Cc1ccccc1)CCC(C)C. The highest BCUT2D eigenvalue weighted by Gasteiger charge is 2.01. The third-order valence-corrected chi connectivity index (χ3v) is 2.97. The molecule has 0 aliphatic heterocycles. The molecular formula is C18H24O2. The van der Waals surface area contributed by atoms with Crippen molar-refractivity contribution in [3.8, 4) is 0 Å². The molecule has 0 bridgehead atoms. The topological polar surface area (TPSA) is 26.3 Å². The molecule has 1 aromatic carbocycles. The van der Waals surface area contributed by atoms with Crippen LogP contribution in [0, 0.1) is 5.92 Å². The van der Waals surface area contributed by atoms with E-state index in [1.54, 1.807) is 6.08 Å². The fraction of sp³-hybridized carbons (Fsp3) is 0.389. The first-order valence-corrected chi connectivity index (χ1v) is 7.13. The second-order valence-electron chi connectivity index (χ2n) is 5.43. The van der Waals surface area contributed by atoms with Crippen LogP contribution in [0.2, 0.25) is 0 Å². The quantitative estimate of drug-likeness (QED) is 0.409. The van der Waals surface area contributed by atoms with Gasteiger partial charge in [-0.15, -0.1) is 0 Å². The minimum Gasteiger partial charge on any atom is -0.434 e. The Kier molecular flexibility index (Phi) is 7.41. The maximum atomic E-state index is 11.6. The van der Waals surface area contributed by atoms with Crippen LogP contribution in [0.3, 0.4) is 0 Å². The summed E-state index contributed by atoms with van der Waals surface area (Å²) in [5, 5.41) is 0. The molecule has 0 N–H and O–H groups in total. The average Bonchev–Trinajstić information content (AvgIpc) is 2.42. The second-order valence-corrected chi connectivity index (χ2v) is 5.43. The Morgan fingerprint density at radius 1 is 1.25 bits per heavy atom. The van der Waals surface area contributed by atoms with Crippen molar-refractivity contribution in [2.24, 2.45) is 5.92 Å². The highest BCUT2D eigenvalue weighted by atomic mass is 16.5. The molecule has 0 spiro atoms. The third kappa shape index (κ3) is 7.57. The van der Waals surface area contributed by atoms with Crippen LogP contribution in [-0.2, 0) is 16.0 Å². The van der Waals surface area contributed by atoms with Crippen molar-refractivity contribution in [2.75, 3.05) is 0 Å². The summed E-state index contributed by atoms with van der Waals surface area (Å²) in [5.74, 6) is 0.478. The standard InChI is InChI=1S/C18H24O2/c1-15(2)11-12-16(3)8-7-13-20-18(19)14-17-9-5-4-6-10-17/h4-10,13,15H,11-12,14H2,1-3H3/b13-7+,16-8+. The predicted molar refractivity (Wildman–Crippen MR) is 83.2 cm³/mol. The fourth-order valence-electron chi connectivity index (χ4n) is 1.72. The van der Waals surface area contributed by atoms with E-state index in [0.717, 1.165) is 12.0 Å². The zero-order chi connectivity index (χ0) is 14.8. The minimum atomic E-state index is -0.235. The Balaban J connectivity index is 2.30. The molecule has 0 saturated heterocycles. The number of esters is 1. The van der Waals surface area contributed by atoms with E-state index in [-0.39, 0.29) is 5.97 Å². The van der Waals surface area contributed by atoms with Gasteiger partial charge in [-0.1, -0.05) is 55.8 Å². The van der Waals surface area contributed by atoms with Gasteiger partial charge in [0.25, 0.3) is 0 Å². The Bertz CT molecular complexity index is 456. The second kappa shape index (κ2) is 9.13. The van der Waals surface area contributed by atoms with Crippen molar-refractivity contribution >= 4 is 5.97 Å². The first kappa shape index (κ1) is 16.2. The molecule has 0 fully saturated rings. The lowest BCUT2D eigenvalue weighted by atomic mass is 10.0. The van der Waals surface area contributed by atoms with E-state index in [1.807, 2.05) is 36.4 Å². The van der Waals surface area contributed by atoms with Crippen molar-refractivity contribution < 1.29 is 9.53 Å². The van der Waals surface area contributed by atoms with Crippen LogP contribution in [0.4, 0.5) is 0 Å². The molecule has 2 nitrogen and oxygen atoms in total. The third-order valence-electron chi connectivity index (χ3n) is 2.97. The van der Waals surface area contributed by atoms with Crippen molar-refractivity contribution in [3.63, 3.8) is 0 Å². The van der Waals surface area contributed by atoms with Crippen LogP contribution >= 0.6 is 0 Å². The van der Waals surface area contributed by atoms with Gasteiger partial charge in [-0.2, -0.15) is 0 Å². The van der Waals surface area contributed by atoms with Gasteiger partial charge in [-0.25, -0.2) is 0 Å². The highest BCUT2D eigenvalue weighted by Crippen LogP contribution is 2.10. The molecule has 0 heterocycles. The van der Waals surface area contributed by atoms with E-state index in [0.29, 0.717) is 12.3 Å². The molecule has 0 unspecified atom stereocenters. The molecule has 0 radical (unpaired) electrons. The summed E-state index contributed by atoms with van der Waals surface area (Å²) in [6, 6.07) is 9.60. The molecule has 2 heteroatoms. The van der Waals surface area contributed by atoms with Crippen molar-refractivity contribution in [3.05, 3.63) is 59.9 Å². The number of carbonyl (C=O) groups excluding carboxylic acids is 1. The van der Waals surface area contributed by atoms with Gasteiger partial charge in [0.2, 0.25) is 0 Å². The molecule has 0 aliphatic carbocycles. The van der Waals surface area contributed by atoms with Crippen molar-refractivity contribution in [2.45, 2.75) is 40.0 Å². The minimum absolute atomic E-state index is 0.235. The number of allylic oxidation sites excluding steroid dienone is 3. The lowest BCUT2D eigenvalue weighted by Gasteiger charge is -2.03. The zero-order valence-electron chi connectivity index (χ0n) is 12.6. The van der Waals surface area contributed by atoms with E-state index < -0.39 is 0 Å². The molecule has 0 atom stereocenters. The van der Waals surface area contributed by atoms with E-state index >= 15 is 0 Å². The molecular weight excluding hydrogens is 248 g/mol. The van der Waals surface area contributed by atoms with Crippen LogP contribution in [-0.4, -0.2) is 5.97 Å². The Hall–Kier alpha value is -1.83. The zero-order valence-corrected chi connectivity index (χ0v) is 12.6. The van der Waals surface area contributed by atoms with Crippen LogP contribution in [0.1, 0.15) is 39.2 Å². The molecule has 1 rings (SSSR count). The largest absolute Gasteiger partial charge is 0.434 e. The van der Waals surface area contributed by atoms with Crippen LogP contribution < -0.4 is 0 Å². The lowest BCUT2D eigenvalue weighted by Crippen LogP contribution is -2.03. The van der Waals surface area contributed by atoms with E-state index in [2.05, 4.69) is 20.8 Å². The Morgan fingerprint density at radius 3 is 2.60 bits per heavy atom. The molecule has 0 amide bonds. The van der Waals surface area contributed by atoms with Crippen molar-refractivity contribution in [1.29, 1.82) is 0 Å². The van der Waals surface area contributed by atoms with E-state index in [9.17, 15) is 4.79 Å².